The lowest BCUT2D eigenvalue weighted by Gasteiger charge is -2.31. The summed E-state index contributed by atoms with van der Waals surface area (Å²) in [6.45, 7) is 5.62. The number of nitrogens with one attached hydrogen (secondary N) is 1. The lowest BCUT2D eigenvalue weighted by Crippen LogP contribution is -2.43. The van der Waals surface area contributed by atoms with E-state index in [9.17, 15) is 4.79 Å². The van der Waals surface area contributed by atoms with Crippen molar-refractivity contribution in [2.75, 3.05) is 26.2 Å². The molecule has 7 heteroatoms. The van der Waals surface area contributed by atoms with Crippen molar-refractivity contribution in [2.24, 2.45) is 5.92 Å². The Labute approximate surface area is 178 Å². The number of hydrogen-bond acceptors (Lipinski definition) is 5. The molecule has 1 fully saturated rings. The molecule has 0 aliphatic carbocycles. The quantitative estimate of drug-likeness (QED) is 0.581. The number of rotatable bonds is 10. The molecule has 1 aliphatic heterocycles. The van der Waals surface area contributed by atoms with E-state index < -0.39 is 0 Å². The van der Waals surface area contributed by atoms with Crippen LogP contribution in [0.4, 0.5) is 0 Å². The van der Waals surface area contributed by atoms with Gasteiger partial charge in [-0.25, -0.2) is 0 Å². The summed E-state index contributed by atoms with van der Waals surface area (Å²) in [4.78, 5) is 19.3. The first-order valence-electron chi connectivity index (χ1n) is 10.7. The molecule has 2 aromatic rings. The van der Waals surface area contributed by atoms with E-state index in [-0.39, 0.29) is 11.8 Å². The molecule has 1 saturated heterocycles. The summed E-state index contributed by atoms with van der Waals surface area (Å²) < 4.78 is 5.40. The van der Waals surface area contributed by atoms with Gasteiger partial charge in [0.2, 0.25) is 17.6 Å². The summed E-state index contributed by atoms with van der Waals surface area (Å²) in [5.74, 6) is 1.45. The minimum atomic E-state index is 0.0830. The van der Waals surface area contributed by atoms with E-state index in [0.29, 0.717) is 23.2 Å². The molecule has 0 saturated carbocycles. The molecule has 6 nitrogen and oxygen atoms in total. The van der Waals surface area contributed by atoms with E-state index in [1.807, 2.05) is 24.3 Å². The van der Waals surface area contributed by atoms with Crippen LogP contribution in [0.2, 0.25) is 5.02 Å². The average Bonchev–Trinajstić information content (AvgIpc) is 3.21. The Kier molecular flexibility index (Phi) is 8.50. The predicted molar refractivity (Wildman–Crippen MR) is 115 cm³/mol. The number of piperidine rings is 1. The van der Waals surface area contributed by atoms with Gasteiger partial charge in [0.1, 0.15) is 0 Å². The fourth-order valence-electron chi connectivity index (χ4n) is 3.74. The molecule has 0 radical (unpaired) electrons. The van der Waals surface area contributed by atoms with Gasteiger partial charge in [0.15, 0.2) is 0 Å². The minimum absolute atomic E-state index is 0.0830. The van der Waals surface area contributed by atoms with Crippen molar-refractivity contribution in [3.8, 4) is 11.4 Å². The second kappa shape index (κ2) is 11.3. The Morgan fingerprint density at radius 1 is 1.34 bits per heavy atom. The third-order valence-corrected chi connectivity index (χ3v) is 5.63. The molecular weight excluding hydrogens is 388 g/mol. The molecule has 1 N–H and O–H groups in total. The molecule has 29 heavy (non-hydrogen) atoms. The summed E-state index contributed by atoms with van der Waals surface area (Å²) in [5.41, 5.74) is 0.848. The van der Waals surface area contributed by atoms with Gasteiger partial charge in [0.05, 0.1) is 5.92 Å². The smallest absolute Gasteiger partial charge is 0.228 e. The van der Waals surface area contributed by atoms with Gasteiger partial charge in [-0.05, 0) is 37.9 Å². The highest BCUT2D eigenvalue weighted by Crippen LogP contribution is 2.21. The number of carbonyl (C=O) groups is 1. The van der Waals surface area contributed by atoms with Gasteiger partial charge in [-0.3, -0.25) is 4.79 Å². The number of benzene rings is 1. The maximum absolute atomic E-state index is 12.4. The summed E-state index contributed by atoms with van der Waals surface area (Å²) in [6, 6.07) is 7.43. The fraction of sp³-hybridized carbons (Fsp3) is 0.591. The SMILES string of the molecule is CCCCCCNC(=O)C1CCCN(CCc2nc(-c3cccc(Cl)c3)no2)C1. The Hall–Kier alpha value is -1.92. The minimum Gasteiger partial charge on any atom is -0.356 e. The zero-order valence-electron chi connectivity index (χ0n) is 17.2. The van der Waals surface area contributed by atoms with Gasteiger partial charge >= 0.3 is 0 Å². The maximum atomic E-state index is 12.4. The first-order chi connectivity index (χ1) is 14.2. The zero-order chi connectivity index (χ0) is 20.5. The number of aromatic nitrogens is 2. The van der Waals surface area contributed by atoms with E-state index in [1.54, 1.807) is 0 Å². The number of hydrogen-bond donors (Lipinski definition) is 1. The second-order valence-electron chi connectivity index (χ2n) is 7.76. The van der Waals surface area contributed by atoms with Crippen molar-refractivity contribution >= 4 is 17.5 Å². The summed E-state index contributed by atoms with van der Waals surface area (Å²) in [7, 11) is 0. The Bertz CT molecular complexity index is 780. The lowest BCUT2D eigenvalue weighted by molar-refractivity contribution is -0.126. The number of carbonyl (C=O) groups excluding carboxylic acids is 1. The predicted octanol–water partition coefficient (Wildman–Crippen LogP) is 4.34. The van der Waals surface area contributed by atoms with Crippen LogP contribution in [0.1, 0.15) is 51.3 Å². The molecule has 2 heterocycles. The van der Waals surface area contributed by atoms with Crippen LogP contribution >= 0.6 is 11.6 Å². The number of unbranched alkanes of at least 4 members (excludes halogenated alkanes) is 3. The molecule has 0 spiro atoms. The molecule has 1 atom stereocenters. The third kappa shape index (κ3) is 6.82. The zero-order valence-corrected chi connectivity index (χ0v) is 18.0. The molecule has 1 unspecified atom stereocenters. The standard InChI is InChI=1S/C22H31ClN4O2/c1-2-3-4-5-12-24-22(28)18-9-7-13-27(16-18)14-11-20-25-21(26-29-20)17-8-6-10-19(23)15-17/h6,8,10,15,18H,2-5,7,9,11-14,16H2,1H3,(H,24,28). The van der Waals surface area contributed by atoms with Crippen LogP contribution in [0.15, 0.2) is 28.8 Å². The Morgan fingerprint density at radius 3 is 3.07 bits per heavy atom. The topological polar surface area (TPSA) is 71.3 Å². The van der Waals surface area contributed by atoms with E-state index >= 15 is 0 Å². The molecular formula is C22H31ClN4O2. The van der Waals surface area contributed by atoms with E-state index in [1.165, 1.54) is 19.3 Å². The van der Waals surface area contributed by atoms with Crippen LogP contribution in [0.25, 0.3) is 11.4 Å². The van der Waals surface area contributed by atoms with Crippen molar-refractivity contribution in [3.63, 3.8) is 0 Å². The van der Waals surface area contributed by atoms with Crippen molar-refractivity contribution in [1.29, 1.82) is 0 Å². The lowest BCUT2D eigenvalue weighted by atomic mass is 9.97. The van der Waals surface area contributed by atoms with Crippen LogP contribution < -0.4 is 5.32 Å². The van der Waals surface area contributed by atoms with Gasteiger partial charge in [0.25, 0.3) is 0 Å². The van der Waals surface area contributed by atoms with E-state index in [2.05, 4.69) is 27.3 Å². The third-order valence-electron chi connectivity index (χ3n) is 5.40. The fourth-order valence-corrected chi connectivity index (χ4v) is 3.93. The molecule has 3 rings (SSSR count). The van der Waals surface area contributed by atoms with Gasteiger partial charge in [-0.1, -0.05) is 55.1 Å². The van der Waals surface area contributed by atoms with Crippen molar-refractivity contribution < 1.29 is 9.32 Å². The van der Waals surface area contributed by atoms with E-state index in [4.69, 9.17) is 16.1 Å². The summed E-state index contributed by atoms with van der Waals surface area (Å²) >= 11 is 6.03. The highest BCUT2D eigenvalue weighted by Gasteiger charge is 2.25. The molecule has 1 aromatic carbocycles. The first-order valence-corrected chi connectivity index (χ1v) is 11.1. The normalized spacial score (nSPS) is 17.4. The number of halogens is 1. The van der Waals surface area contributed by atoms with Gasteiger partial charge < -0.3 is 14.7 Å². The Morgan fingerprint density at radius 2 is 2.24 bits per heavy atom. The highest BCUT2D eigenvalue weighted by molar-refractivity contribution is 6.30. The van der Waals surface area contributed by atoms with Gasteiger partial charge in [-0.2, -0.15) is 4.98 Å². The molecule has 1 aliphatic rings. The van der Waals surface area contributed by atoms with Gasteiger partial charge in [0, 0.05) is 36.6 Å². The second-order valence-corrected chi connectivity index (χ2v) is 8.20. The van der Waals surface area contributed by atoms with Crippen molar-refractivity contribution in [2.45, 2.75) is 51.9 Å². The largest absolute Gasteiger partial charge is 0.356 e. The van der Waals surface area contributed by atoms with Crippen molar-refractivity contribution in [1.82, 2.24) is 20.4 Å². The highest BCUT2D eigenvalue weighted by atomic mass is 35.5. The summed E-state index contributed by atoms with van der Waals surface area (Å²) in [6.07, 6.45) is 7.41. The Balaban J connectivity index is 1.43. The van der Waals surface area contributed by atoms with Gasteiger partial charge in [-0.15, -0.1) is 0 Å². The number of likely N-dealkylation sites (tertiary alicyclic amines) is 1. The molecule has 0 bridgehead atoms. The first kappa shape index (κ1) is 21.8. The number of nitrogens with zero attached hydrogens (tertiary/aromatic N) is 3. The van der Waals surface area contributed by atoms with E-state index in [0.717, 1.165) is 51.0 Å². The average molecular weight is 419 g/mol. The van der Waals surface area contributed by atoms with Crippen LogP contribution in [0.5, 0.6) is 0 Å². The molecule has 158 valence electrons. The summed E-state index contributed by atoms with van der Waals surface area (Å²) in [5, 5.41) is 7.83. The molecule has 1 amide bonds. The molecule has 1 aromatic heterocycles. The van der Waals surface area contributed by atoms with Crippen LogP contribution in [0, 0.1) is 5.92 Å². The number of amides is 1. The maximum Gasteiger partial charge on any atom is 0.228 e. The monoisotopic (exact) mass is 418 g/mol. The van der Waals surface area contributed by atoms with Crippen LogP contribution in [0.3, 0.4) is 0 Å². The van der Waals surface area contributed by atoms with Crippen LogP contribution in [-0.2, 0) is 11.2 Å². The van der Waals surface area contributed by atoms with Crippen LogP contribution in [-0.4, -0.2) is 47.1 Å². The van der Waals surface area contributed by atoms with Crippen molar-refractivity contribution in [3.05, 3.63) is 35.2 Å².